The maximum Gasteiger partial charge on any atom is 0.246 e. The Morgan fingerprint density at radius 1 is 1.17 bits per heavy atom. The fourth-order valence-electron chi connectivity index (χ4n) is 3.44. The van der Waals surface area contributed by atoms with E-state index in [0.29, 0.717) is 25.1 Å². The van der Waals surface area contributed by atoms with Gasteiger partial charge in [-0.25, -0.2) is 18.2 Å². The first-order valence-electron chi connectivity index (χ1n) is 10.2. The Morgan fingerprint density at radius 3 is 2.63 bits per heavy atom. The van der Waals surface area contributed by atoms with Crippen molar-refractivity contribution >= 4 is 41.5 Å². The van der Waals surface area contributed by atoms with E-state index >= 15 is 0 Å². The molecule has 3 N–H and O–H groups in total. The fourth-order valence-corrected chi connectivity index (χ4v) is 3.44. The lowest BCUT2D eigenvalue weighted by Gasteiger charge is -2.35. The van der Waals surface area contributed by atoms with E-state index in [-0.39, 0.29) is 30.5 Å². The van der Waals surface area contributed by atoms with Crippen molar-refractivity contribution in [3.8, 4) is 0 Å². The highest BCUT2D eigenvalue weighted by atomic mass is 127. The van der Waals surface area contributed by atoms with Gasteiger partial charge in [-0.15, -0.1) is 24.0 Å². The number of hydrogen-bond donors (Lipinski definition) is 3. The quantitative estimate of drug-likeness (QED) is 0.204. The number of rotatable bonds is 8. The molecule has 1 amide bonds. The number of benzene rings is 1. The zero-order chi connectivity index (χ0) is 21.2. The zero-order valence-electron chi connectivity index (χ0n) is 17.4. The molecule has 1 heterocycles. The van der Waals surface area contributed by atoms with Crippen LogP contribution in [-0.2, 0) is 4.79 Å². The fraction of sp³-hybridized carbons (Fsp3) is 0.600. The van der Waals surface area contributed by atoms with Gasteiger partial charge in [0.1, 0.15) is 6.54 Å². The van der Waals surface area contributed by atoms with Gasteiger partial charge in [-0.05, 0) is 44.9 Å². The minimum Gasteiger partial charge on any atom is -0.357 e. The molecular formula is C20H31F3IN5O. The van der Waals surface area contributed by atoms with E-state index in [9.17, 15) is 18.0 Å². The van der Waals surface area contributed by atoms with Crippen molar-refractivity contribution < 1.29 is 18.0 Å². The van der Waals surface area contributed by atoms with Crippen LogP contribution >= 0.6 is 24.0 Å². The maximum atomic E-state index is 13.7. The van der Waals surface area contributed by atoms with Crippen molar-refractivity contribution in [2.45, 2.75) is 45.6 Å². The van der Waals surface area contributed by atoms with Crippen molar-refractivity contribution in [3.63, 3.8) is 0 Å². The molecule has 1 atom stereocenters. The Morgan fingerprint density at radius 2 is 1.93 bits per heavy atom. The summed E-state index contributed by atoms with van der Waals surface area (Å²) in [5, 5.41) is 8.45. The molecular weight excluding hydrogens is 510 g/mol. The number of aliphatic imine (C=N–C) groups is 1. The van der Waals surface area contributed by atoms with Crippen LogP contribution < -0.4 is 16.0 Å². The van der Waals surface area contributed by atoms with E-state index in [4.69, 9.17) is 0 Å². The number of amides is 1. The first kappa shape index (κ1) is 26.5. The highest BCUT2D eigenvalue weighted by molar-refractivity contribution is 14.0. The molecule has 0 radical (unpaired) electrons. The lowest BCUT2D eigenvalue weighted by Crippen LogP contribution is -2.46. The van der Waals surface area contributed by atoms with Crippen LogP contribution in [0.4, 0.5) is 18.9 Å². The SMILES string of the molecule is CCNC(=NCC(=O)Nc1ccc(F)c(F)c1F)NCCN1CCCCC1CC.I. The monoisotopic (exact) mass is 541 g/mol. The molecule has 1 unspecified atom stereocenters. The van der Waals surface area contributed by atoms with Gasteiger partial charge < -0.3 is 16.0 Å². The highest BCUT2D eigenvalue weighted by Crippen LogP contribution is 2.20. The Kier molecular flexibility index (Phi) is 12.1. The number of guanidine groups is 1. The van der Waals surface area contributed by atoms with Crippen molar-refractivity contribution in [2.75, 3.05) is 38.0 Å². The summed E-state index contributed by atoms with van der Waals surface area (Å²) in [6, 6.07) is 2.34. The summed E-state index contributed by atoms with van der Waals surface area (Å²) in [6.45, 7) is 7.11. The van der Waals surface area contributed by atoms with Crippen LogP contribution in [0.25, 0.3) is 0 Å². The highest BCUT2D eigenvalue weighted by Gasteiger charge is 2.20. The second kappa shape index (κ2) is 13.7. The molecule has 1 saturated heterocycles. The first-order chi connectivity index (χ1) is 14.0. The van der Waals surface area contributed by atoms with E-state index in [1.807, 2.05) is 6.92 Å². The largest absolute Gasteiger partial charge is 0.357 e. The number of anilines is 1. The molecule has 0 spiro atoms. The van der Waals surface area contributed by atoms with Crippen molar-refractivity contribution in [3.05, 3.63) is 29.6 Å². The summed E-state index contributed by atoms with van der Waals surface area (Å²) in [4.78, 5) is 18.7. The normalized spacial score (nSPS) is 17.2. The van der Waals surface area contributed by atoms with Crippen LogP contribution in [0.1, 0.15) is 39.5 Å². The third-order valence-corrected chi connectivity index (χ3v) is 4.95. The summed E-state index contributed by atoms with van der Waals surface area (Å²) in [6.07, 6.45) is 4.85. The summed E-state index contributed by atoms with van der Waals surface area (Å²) >= 11 is 0. The third kappa shape index (κ3) is 7.93. The second-order valence-electron chi connectivity index (χ2n) is 6.99. The second-order valence-corrected chi connectivity index (χ2v) is 6.99. The van der Waals surface area contributed by atoms with E-state index in [0.717, 1.165) is 31.6 Å². The topological polar surface area (TPSA) is 68.8 Å². The average Bonchev–Trinajstić information content (AvgIpc) is 2.72. The standard InChI is InChI=1S/C20H30F3N5O.HI/c1-3-14-7-5-6-11-28(14)12-10-25-20(24-4-2)26-13-17(29)27-16-9-8-15(21)18(22)19(16)23;/h8-9,14H,3-7,10-13H2,1-2H3,(H,27,29)(H2,24,25,26);1H. The molecule has 1 fully saturated rings. The summed E-state index contributed by atoms with van der Waals surface area (Å²) < 4.78 is 39.9. The summed E-state index contributed by atoms with van der Waals surface area (Å²) in [7, 11) is 0. The van der Waals surface area contributed by atoms with Gasteiger partial charge in [0.2, 0.25) is 5.91 Å². The molecule has 1 aliphatic rings. The van der Waals surface area contributed by atoms with Gasteiger partial charge in [-0.3, -0.25) is 9.69 Å². The molecule has 10 heteroatoms. The molecule has 6 nitrogen and oxygen atoms in total. The van der Waals surface area contributed by atoms with Gasteiger partial charge in [-0.2, -0.15) is 0 Å². The van der Waals surface area contributed by atoms with Crippen LogP contribution in [0.2, 0.25) is 0 Å². The number of hydrogen-bond acceptors (Lipinski definition) is 3. The van der Waals surface area contributed by atoms with Gasteiger partial charge in [0, 0.05) is 25.7 Å². The molecule has 30 heavy (non-hydrogen) atoms. The average molecular weight is 541 g/mol. The van der Waals surface area contributed by atoms with E-state index < -0.39 is 29.0 Å². The van der Waals surface area contributed by atoms with Crippen LogP contribution in [0, 0.1) is 17.5 Å². The van der Waals surface area contributed by atoms with Crippen LogP contribution in [0.3, 0.4) is 0 Å². The van der Waals surface area contributed by atoms with Crippen molar-refractivity contribution in [1.29, 1.82) is 0 Å². The number of carbonyl (C=O) groups is 1. The number of carbonyl (C=O) groups excluding carboxylic acids is 1. The van der Waals surface area contributed by atoms with Gasteiger partial charge in [0.05, 0.1) is 5.69 Å². The van der Waals surface area contributed by atoms with E-state index in [2.05, 4.69) is 32.8 Å². The molecule has 0 saturated carbocycles. The number of nitrogens with one attached hydrogen (secondary N) is 3. The summed E-state index contributed by atoms with van der Waals surface area (Å²) in [5.41, 5.74) is -0.419. The van der Waals surface area contributed by atoms with E-state index in [1.54, 1.807) is 0 Å². The lowest BCUT2D eigenvalue weighted by atomic mass is 10.0. The van der Waals surface area contributed by atoms with Crippen LogP contribution in [0.5, 0.6) is 0 Å². The smallest absolute Gasteiger partial charge is 0.246 e. The van der Waals surface area contributed by atoms with Crippen molar-refractivity contribution in [2.24, 2.45) is 4.99 Å². The van der Waals surface area contributed by atoms with Crippen molar-refractivity contribution in [1.82, 2.24) is 15.5 Å². The predicted molar refractivity (Wildman–Crippen MR) is 124 cm³/mol. The molecule has 0 aliphatic carbocycles. The maximum absolute atomic E-state index is 13.7. The Hall–Kier alpha value is -1.56. The molecule has 0 bridgehead atoms. The molecule has 1 aliphatic heterocycles. The minimum atomic E-state index is -1.62. The minimum absolute atomic E-state index is 0. The number of halogens is 4. The van der Waals surface area contributed by atoms with Gasteiger partial charge in [0.25, 0.3) is 0 Å². The third-order valence-electron chi connectivity index (χ3n) is 4.95. The molecule has 1 aromatic rings. The first-order valence-corrected chi connectivity index (χ1v) is 10.2. The Bertz CT molecular complexity index is 720. The predicted octanol–water partition coefficient (Wildman–Crippen LogP) is 3.48. The van der Waals surface area contributed by atoms with Crippen LogP contribution in [0.15, 0.2) is 17.1 Å². The number of nitrogens with zero attached hydrogens (tertiary/aromatic N) is 2. The van der Waals surface area contributed by atoms with Crippen LogP contribution in [-0.4, -0.2) is 55.5 Å². The molecule has 170 valence electrons. The number of likely N-dealkylation sites (tertiary alicyclic amines) is 1. The Balaban J connectivity index is 0.00000450. The zero-order valence-corrected chi connectivity index (χ0v) is 19.8. The van der Waals surface area contributed by atoms with Gasteiger partial charge in [0.15, 0.2) is 23.4 Å². The molecule has 1 aromatic carbocycles. The summed E-state index contributed by atoms with van der Waals surface area (Å²) in [5.74, 6) is -4.52. The lowest BCUT2D eigenvalue weighted by molar-refractivity contribution is -0.114. The molecule has 0 aromatic heterocycles. The number of piperidine rings is 1. The van der Waals surface area contributed by atoms with Gasteiger partial charge in [-0.1, -0.05) is 13.3 Å². The van der Waals surface area contributed by atoms with E-state index in [1.165, 1.54) is 19.3 Å². The van der Waals surface area contributed by atoms with Gasteiger partial charge >= 0.3 is 0 Å². The Labute approximate surface area is 193 Å². The molecule has 2 rings (SSSR count).